The maximum atomic E-state index is 14.4. The fourth-order valence-corrected chi connectivity index (χ4v) is 5.01. The first-order valence-electron chi connectivity index (χ1n) is 11.3. The fourth-order valence-electron chi connectivity index (χ4n) is 5.01. The van der Waals surface area contributed by atoms with Gasteiger partial charge in [-0.1, -0.05) is 86.2 Å². The molecule has 168 valence electrons. The lowest BCUT2D eigenvalue weighted by Crippen LogP contribution is -2.69. The van der Waals surface area contributed by atoms with Crippen LogP contribution in [-0.2, 0) is 4.79 Å². The summed E-state index contributed by atoms with van der Waals surface area (Å²) >= 11 is 0. The Kier molecular flexibility index (Phi) is 7.38. The molecule has 2 nitrogen and oxygen atoms in total. The molecule has 1 aromatic rings. The Morgan fingerprint density at radius 2 is 1.58 bits per heavy atom. The Hall–Kier alpha value is -2.19. The Morgan fingerprint density at radius 1 is 1.03 bits per heavy atom. The van der Waals surface area contributed by atoms with E-state index < -0.39 is 16.4 Å². The van der Waals surface area contributed by atoms with Gasteiger partial charge in [0.2, 0.25) is 0 Å². The molecule has 1 aliphatic carbocycles. The number of Topliss-reactive ketones (excluding diaryl/α,β-unsaturated/α-hetero) is 1. The van der Waals surface area contributed by atoms with Crippen molar-refractivity contribution in [3.8, 4) is 0 Å². The molecule has 1 aromatic carbocycles. The molecule has 0 aliphatic heterocycles. The second kappa shape index (κ2) is 9.12. The van der Waals surface area contributed by atoms with Gasteiger partial charge in [-0.15, -0.1) is 0 Å². The van der Waals surface area contributed by atoms with Crippen molar-refractivity contribution in [2.24, 2.45) is 22.5 Å². The van der Waals surface area contributed by atoms with Crippen molar-refractivity contribution in [1.29, 1.82) is 0 Å². The SMILES string of the molecule is C=C(C)C1(CC=C(C)C)CC(CC=C(C)C)C(C)(C)C(N)(C(=C)c2ccccc2)C1=O. The van der Waals surface area contributed by atoms with Crippen molar-refractivity contribution in [3.63, 3.8) is 0 Å². The minimum Gasteiger partial charge on any atom is -0.315 e. The average molecular weight is 420 g/mol. The van der Waals surface area contributed by atoms with Crippen molar-refractivity contribution in [2.45, 2.75) is 73.3 Å². The van der Waals surface area contributed by atoms with E-state index in [0.717, 1.165) is 24.0 Å². The van der Waals surface area contributed by atoms with Gasteiger partial charge in [0.1, 0.15) is 5.54 Å². The minimum atomic E-state index is -1.19. The van der Waals surface area contributed by atoms with Crippen molar-refractivity contribution < 1.29 is 4.79 Å². The van der Waals surface area contributed by atoms with Gasteiger partial charge in [0.05, 0.1) is 5.41 Å². The molecule has 31 heavy (non-hydrogen) atoms. The zero-order chi connectivity index (χ0) is 23.6. The number of carbonyl (C=O) groups is 1. The highest BCUT2D eigenvalue weighted by molar-refractivity contribution is 6.07. The molecule has 2 N–H and O–H groups in total. The van der Waals surface area contributed by atoms with E-state index in [1.807, 2.05) is 37.3 Å². The Bertz CT molecular complexity index is 909. The van der Waals surface area contributed by atoms with Gasteiger partial charge >= 0.3 is 0 Å². The van der Waals surface area contributed by atoms with Crippen LogP contribution < -0.4 is 5.73 Å². The molecule has 3 atom stereocenters. The summed E-state index contributed by atoms with van der Waals surface area (Å²) in [5.41, 5.74) is 9.88. The van der Waals surface area contributed by atoms with Gasteiger partial charge in [-0.25, -0.2) is 0 Å². The maximum Gasteiger partial charge on any atom is 0.168 e. The maximum absolute atomic E-state index is 14.4. The molecule has 0 radical (unpaired) electrons. The number of nitrogens with two attached hydrogens (primary N) is 1. The van der Waals surface area contributed by atoms with Crippen LogP contribution in [0.2, 0.25) is 0 Å². The number of benzene rings is 1. The van der Waals surface area contributed by atoms with Crippen LogP contribution in [0.15, 0.2) is 72.4 Å². The van der Waals surface area contributed by atoms with Gasteiger partial charge < -0.3 is 5.73 Å². The molecule has 0 bridgehead atoms. The summed E-state index contributed by atoms with van der Waals surface area (Å²) < 4.78 is 0. The molecule has 0 aromatic heterocycles. The van der Waals surface area contributed by atoms with Crippen LogP contribution in [-0.4, -0.2) is 11.3 Å². The summed E-state index contributed by atoms with van der Waals surface area (Å²) in [6.45, 7) is 23.4. The second-order valence-corrected chi connectivity index (χ2v) is 10.5. The van der Waals surface area contributed by atoms with E-state index in [9.17, 15) is 4.79 Å². The summed E-state index contributed by atoms with van der Waals surface area (Å²) in [5.74, 6) is 0.269. The normalized spacial score (nSPS) is 27.4. The van der Waals surface area contributed by atoms with Crippen molar-refractivity contribution in [1.82, 2.24) is 0 Å². The van der Waals surface area contributed by atoms with Gasteiger partial charge in [-0.2, -0.15) is 0 Å². The molecular formula is C29H41NO. The van der Waals surface area contributed by atoms with Crippen LogP contribution >= 0.6 is 0 Å². The Balaban J connectivity index is 2.76. The van der Waals surface area contributed by atoms with Gasteiger partial charge in [0.25, 0.3) is 0 Å². The largest absolute Gasteiger partial charge is 0.315 e. The molecule has 0 spiro atoms. The van der Waals surface area contributed by atoms with E-state index >= 15 is 0 Å². The van der Waals surface area contributed by atoms with Crippen molar-refractivity contribution in [2.75, 3.05) is 0 Å². The molecule has 2 heteroatoms. The van der Waals surface area contributed by atoms with E-state index in [1.165, 1.54) is 11.1 Å². The van der Waals surface area contributed by atoms with E-state index in [4.69, 9.17) is 5.73 Å². The van der Waals surface area contributed by atoms with Crippen LogP contribution in [0.5, 0.6) is 0 Å². The third-order valence-corrected chi connectivity index (χ3v) is 7.51. The molecule has 0 amide bonds. The van der Waals surface area contributed by atoms with Gasteiger partial charge in [0, 0.05) is 0 Å². The summed E-state index contributed by atoms with van der Waals surface area (Å²) in [6, 6.07) is 9.91. The van der Waals surface area contributed by atoms with Gasteiger partial charge in [0.15, 0.2) is 5.78 Å². The number of hydrogen-bond donors (Lipinski definition) is 1. The first-order valence-corrected chi connectivity index (χ1v) is 11.3. The molecule has 0 saturated heterocycles. The summed E-state index contributed by atoms with van der Waals surface area (Å²) in [4.78, 5) is 14.4. The number of ketones is 1. The molecule has 2 rings (SSSR count). The van der Waals surface area contributed by atoms with Crippen LogP contribution in [0.1, 0.15) is 73.3 Å². The van der Waals surface area contributed by atoms with Crippen molar-refractivity contribution >= 4 is 11.4 Å². The zero-order valence-electron chi connectivity index (χ0n) is 20.6. The number of allylic oxidation sites excluding steroid dienone is 5. The summed E-state index contributed by atoms with van der Waals surface area (Å²) in [7, 11) is 0. The van der Waals surface area contributed by atoms with Gasteiger partial charge in [-0.05, 0) is 76.4 Å². The third kappa shape index (κ3) is 4.41. The first kappa shape index (κ1) is 25.1. The highest BCUT2D eigenvalue weighted by Crippen LogP contribution is 2.59. The van der Waals surface area contributed by atoms with Crippen LogP contribution in [0, 0.1) is 16.7 Å². The molecule has 1 saturated carbocycles. The lowest BCUT2D eigenvalue weighted by Gasteiger charge is -2.58. The predicted octanol–water partition coefficient (Wildman–Crippen LogP) is 7.29. The van der Waals surface area contributed by atoms with Gasteiger partial charge in [-0.3, -0.25) is 4.79 Å². The number of hydrogen-bond acceptors (Lipinski definition) is 2. The topological polar surface area (TPSA) is 43.1 Å². The number of rotatable bonds is 7. The van der Waals surface area contributed by atoms with Crippen LogP contribution in [0.3, 0.4) is 0 Å². The second-order valence-electron chi connectivity index (χ2n) is 10.5. The summed E-state index contributed by atoms with van der Waals surface area (Å²) in [5, 5.41) is 0. The average Bonchev–Trinajstić information content (AvgIpc) is 2.70. The molecule has 1 aliphatic rings. The summed E-state index contributed by atoms with van der Waals surface area (Å²) in [6.07, 6.45) is 6.70. The lowest BCUT2D eigenvalue weighted by molar-refractivity contribution is -0.143. The third-order valence-electron chi connectivity index (χ3n) is 7.51. The Morgan fingerprint density at radius 3 is 2.06 bits per heavy atom. The molecular weight excluding hydrogens is 378 g/mol. The first-order chi connectivity index (χ1) is 14.3. The van der Waals surface area contributed by atoms with E-state index in [1.54, 1.807) is 0 Å². The minimum absolute atomic E-state index is 0.0531. The van der Waals surface area contributed by atoms with E-state index in [2.05, 4.69) is 66.9 Å². The number of carbonyl (C=O) groups excluding carboxylic acids is 1. The lowest BCUT2D eigenvalue weighted by atomic mass is 9.46. The molecule has 1 fully saturated rings. The molecule has 0 heterocycles. The fraction of sp³-hybridized carbons (Fsp3) is 0.483. The van der Waals surface area contributed by atoms with E-state index in [-0.39, 0.29) is 11.7 Å². The van der Waals surface area contributed by atoms with Crippen LogP contribution in [0.25, 0.3) is 5.57 Å². The highest BCUT2D eigenvalue weighted by Gasteiger charge is 2.63. The standard InChI is InChI=1S/C29H41NO/c1-20(2)15-16-25-19-28(22(5)6,18-17-21(3)4)26(31)29(30,27(25,8)9)23(7)24-13-11-10-12-14-24/h10-15,17,25H,5,7,16,18-19,30H2,1-4,6,8-9H3. The Labute approximate surface area is 190 Å². The zero-order valence-corrected chi connectivity index (χ0v) is 20.6. The highest BCUT2D eigenvalue weighted by atomic mass is 16.1. The van der Waals surface area contributed by atoms with E-state index in [0.29, 0.717) is 12.0 Å². The van der Waals surface area contributed by atoms with Crippen molar-refractivity contribution in [3.05, 3.63) is 77.9 Å². The monoisotopic (exact) mass is 419 g/mol. The van der Waals surface area contributed by atoms with Crippen LogP contribution in [0.4, 0.5) is 0 Å². The quantitative estimate of drug-likeness (QED) is 0.472. The smallest absolute Gasteiger partial charge is 0.168 e. The predicted molar refractivity (Wildman–Crippen MR) is 135 cm³/mol. The molecule has 3 unspecified atom stereocenters.